The first-order valence-electron chi connectivity index (χ1n) is 5.51. The van der Waals surface area contributed by atoms with Crippen LogP contribution in [-0.2, 0) is 11.2 Å². The first-order valence-corrected chi connectivity index (χ1v) is 5.51. The Morgan fingerprint density at radius 2 is 2.07 bits per heavy atom. The fraction of sp³-hybridized carbons (Fsp3) is 0.462. The minimum absolute atomic E-state index is 0.320. The number of carboxylic acid groups (broad SMARTS) is 1. The van der Waals surface area contributed by atoms with E-state index in [0.29, 0.717) is 18.3 Å². The highest BCUT2D eigenvalue weighted by Crippen LogP contribution is 2.49. The zero-order chi connectivity index (χ0) is 10.8. The van der Waals surface area contributed by atoms with Gasteiger partial charge in [0, 0.05) is 6.42 Å². The van der Waals surface area contributed by atoms with Gasteiger partial charge >= 0.3 is 5.97 Å². The second kappa shape index (κ2) is 4.05. The summed E-state index contributed by atoms with van der Waals surface area (Å²) in [5.74, 6) is 0.190. The number of hydrogen-bond donors (Lipinski definition) is 1. The van der Waals surface area contributed by atoms with Crippen LogP contribution in [0.1, 0.15) is 36.8 Å². The largest absolute Gasteiger partial charge is 0.481 e. The number of carboxylic acids is 1. The van der Waals surface area contributed by atoms with Crippen molar-refractivity contribution in [3.63, 3.8) is 0 Å². The molecule has 1 N–H and O–H groups in total. The van der Waals surface area contributed by atoms with Gasteiger partial charge in [0.15, 0.2) is 0 Å². The Morgan fingerprint density at radius 1 is 1.40 bits per heavy atom. The van der Waals surface area contributed by atoms with Gasteiger partial charge in [-0.3, -0.25) is 4.79 Å². The van der Waals surface area contributed by atoms with E-state index in [1.165, 1.54) is 11.1 Å². The number of aliphatic carboxylic acids is 1. The predicted molar refractivity (Wildman–Crippen MR) is 58.9 cm³/mol. The Morgan fingerprint density at radius 3 is 2.60 bits per heavy atom. The molecule has 80 valence electrons. The van der Waals surface area contributed by atoms with Crippen LogP contribution >= 0.6 is 0 Å². The van der Waals surface area contributed by atoms with Gasteiger partial charge in [0.05, 0.1) is 0 Å². The molecule has 0 radical (unpaired) electrons. The molecule has 0 saturated heterocycles. The topological polar surface area (TPSA) is 37.3 Å². The molecular formula is C13H16O2. The Kier molecular flexibility index (Phi) is 2.76. The van der Waals surface area contributed by atoms with Crippen molar-refractivity contribution in [1.29, 1.82) is 0 Å². The van der Waals surface area contributed by atoms with Crippen LogP contribution in [0, 0.1) is 5.92 Å². The fourth-order valence-electron chi connectivity index (χ4n) is 2.11. The molecule has 0 spiro atoms. The number of aryl methyl sites for hydroxylation is 1. The standard InChI is InChI=1S/C13H16O2/c1-2-9-3-5-10(6-4-9)12-7-11(12)8-13(14)15/h3-6,11-12H,2,7-8H2,1H3,(H,14,15). The van der Waals surface area contributed by atoms with Crippen molar-refractivity contribution in [1.82, 2.24) is 0 Å². The first-order chi connectivity index (χ1) is 7.20. The summed E-state index contributed by atoms with van der Waals surface area (Å²) in [4.78, 5) is 10.5. The van der Waals surface area contributed by atoms with Gasteiger partial charge in [-0.05, 0) is 35.8 Å². The molecule has 2 unspecified atom stereocenters. The summed E-state index contributed by atoms with van der Waals surface area (Å²) < 4.78 is 0. The van der Waals surface area contributed by atoms with E-state index in [4.69, 9.17) is 5.11 Å². The highest BCUT2D eigenvalue weighted by molar-refractivity contribution is 5.67. The minimum Gasteiger partial charge on any atom is -0.481 e. The number of rotatable bonds is 4. The lowest BCUT2D eigenvalue weighted by atomic mass is 10.0. The predicted octanol–water partition coefficient (Wildman–Crippen LogP) is 2.83. The maximum Gasteiger partial charge on any atom is 0.303 e. The third kappa shape index (κ3) is 2.38. The molecule has 2 atom stereocenters. The Bertz CT molecular complexity index is 353. The lowest BCUT2D eigenvalue weighted by molar-refractivity contribution is -0.137. The van der Waals surface area contributed by atoms with E-state index in [-0.39, 0.29) is 0 Å². The third-order valence-corrected chi connectivity index (χ3v) is 3.18. The van der Waals surface area contributed by atoms with E-state index in [1.807, 2.05) is 0 Å². The maximum atomic E-state index is 10.5. The second-order valence-corrected chi connectivity index (χ2v) is 4.30. The van der Waals surface area contributed by atoms with E-state index in [9.17, 15) is 4.79 Å². The summed E-state index contributed by atoms with van der Waals surface area (Å²) >= 11 is 0. The minimum atomic E-state index is -0.673. The smallest absolute Gasteiger partial charge is 0.303 e. The van der Waals surface area contributed by atoms with Crippen LogP contribution in [0.2, 0.25) is 0 Å². The van der Waals surface area contributed by atoms with Crippen LogP contribution in [0.5, 0.6) is 0 Å². The van der Waals surface area contributed by atoms with Crippen LogP contribution in [-0.4, -0.2) is 11.1 Å². The monoisotopic (exact) mass is 204 g/mol. The Balaban J connectivity index is 1.97. The summed E-state index contributed by atoms with van der Waals surface area (Å²) in [5.41, 5.74) is 2.65. The molecule has 1 fully saturated rings. The molecular weight excluding hydrogens is 188 g/mol. The summed E-state index contributed by atoms with van der Waals surface area (Å²) in [7, 11) is 0. The molecule has 1 aliphatic carbocycles. The van der Waals surface area contributed by atoms with E-state index in [1.54, 1.807) is 0 Å². The van der Waals surface area contributed by atoms with Crippen LogP contribution in [0.15, 0.2) is 24.3 Å². The van der Waals surface area contributed by atoms with Gasteiger partial charge in [0.1, 0.15) is 0 Å². The lowest BCUT2D eigenvalue weighted by Gasteiger charge is -2.01. The lowest BCUT2D eigenvalue weighted by Crippen LogP contribution is -1.96. The third-order valence-electron chi connectivity index (χ3n) is 3.18. The van der Waals surface area contributed by atoms with Crippen molar-refractivity contribution in [3.8, 4) is 0 Å². The molecule has 1 aliphatic rings. The normalized spacial score (nSPS) is 23.8. The van der Waals surface area contributed by atoms with Crippen molar-refractivity contribution in [3.05, 3.63) is 35.4 Å². The summed E-state index contributed by atoms with van der Waals surface area (Å²) in [6.45, 7) is 2.14. The van der Waals surface area contributed by atoms with Crippen molar-refractivity contribution in [2.45, 2.75) is 32.1 Å². The first kappa shape index (κ1) is 10.2. The summed E-state index contributed by atoms with van der Waals surface area (Å²) in [5, 5.41) is 8.67. The Labute approximate surface area is 89.9 Å². The van der Waals surface area contributed by atoms with E-state index in [2.05, 4.69) is 31.2 Å². The maximum absolute atomic E-state index is 10.5. The average Bonchev–Trinajstić information content (AvgIpc) is 2.96. The van der Waals surface area contributed by atoms with Gasteiger partial charge in [0.25, 0.3) is 0 Å². The highest BCUT2D eigenvalue weighted by Gasteiger charge is 2.39. The molecule has 0 amide bonds. The molecule has 2 rings (SSSR count). The molecule has 0 aromatic heterocycles. The van der Waals surface area contributed by atoms with Crippen LogP contribution in [0.4, 0.5) is 0 Å². The highest BCUT2D eigenvalue weighted by atomic mass is 16.4. The Hall–Kier alpha value is -1.31. The molecule has 0 aliphatic heterocycles. The van der Waals surface area contributed by atoms with Crippen molar-refractivity contribution >= 4 is 5.97 Å². The van der Waals surface area contributed by atoms with Crippen LogP contribution in [0.25, 0.3) is 0 Å². The molecule has 1 saturated carbocycles. The van der Waals surface area contributed by atoms with Crippen molar-refractivity contribution < 1.29 is 9.90 Å². The number of carbonyl (C=O) groups is 1. The molecule has 0 heterocycles. The average molecular weight is 204 g/mol. The molecule has 1 aromatic rings. The zero-order valence-corrected chi connectivity index (χ0v) is 8.94. The number of hydrogen-bond acceptors (Lipinski definition) is 1. The van der Waals surface area contributed by atoms with E-state index in [0.717, 1.165) is 12.8 Å². The van der Waals surface area contributed by atoms with Crippen molar-refractivity contribution in [2.75, 3.05) is 0 Å². The summed E-state index contributed by atoms with van der Waals surface area (Å²) in [6, 6.07) is 8.58. The number of benzene rings is 1. The quantitative estimate of drug-likeness (QED) is 0.818. The van der Waals surface area contributed by atoms with Gasteiger partial charge < -0.3 is 5.11 Å². The summed E-state index contributed by atoms with van der Waals surface area (Å²) in [6.07, 6.45) is 2.42. The van der Waals surface area contributed by atoms with Gasteiger partial charge in [-0.2, -0.15) is 0 Å². The molecule has 0 bridgehead atoms. The zero-order valence-electron chi connectivity index (χ0n) is 8.94. The molecule has 2 nitrogen and oxygen atoms in total. The fourth-order valence-corrected chi connectivity index (χ4v) is 2.11. The SMILES string of the molecule is CCc1ccc(C2CC2CC(=O)O)cc1. The second-order valence-electron chi connectivity index (χ2n) is 4.30. The van der Waals surface area contributed by atoms with Gasteiger partial charge in [-0.25, -0.2) is 0 Å². The van der Waals surface area contributed by atoms with E-state index < -0.39 is 5.97 Å². The van der Waals surface area contributed by atoms with Gasteiger partial charge in [-0.1, -0.05) is 31.2 Å². The van der Waals surface area contributed by atoms with Gasteiger partial charge in [0.2, 0.25) is 0 Å². The molecule has 15 heavy (non-hydrogen) atoms. The molecule has 2 heteroatoms. The van der Waals surface area contributed by atoms with Crippen LogP contribution < -0.4 is 0 Å². The molecule has 1 aromatic carbocycles. The van der Waals surface area contributed by atoms with E-state index >= 15 is 0 Å². The van der Waals surface area contributed by atoms with Crippen LogP contribution in [0.3, 0.4) is 0 Å². The van der Waals surface area contributed by atoms with Gasteiger partial charge in [-0.15, -0.1) is 0 Å². The van der Waals surface area contributed by atoms with Crippen molar-refractivity contribution in [2.24, 2.45) is 5.92 Å².